The van der Waals surface area contributed by atoms with Crippen LogP contribution in [0.5, 0.6) is 0 Å². The third-order valence-corrected chi connectivity index (χ3v) is 3.00. The fourth-order valence-corrected chi connectivity index (χ4v) is 2.22. The fourth-order valence-electron chi connectivity index (χ4n) is 1.26. The number of nitrogens with zero attached hydrogens (tertiary/aromatic N) is 2. The van der Waals surface area contributed by atoms with Gasteiger partial charge in [-0.05, 0) is 6.07 Å². The van der Waals surface area contributed by atoms with Crippen LogP contribution >= 0.6 is 22.9 Å². The van der Waals surface area contributed by atoms with Gasteiger partial charge in [0.1, 0.15) is 6.61 Å². The number of hydrogen-bond donors (Lipinski definition) is 1. The molecule has 16 heavy (non-hydrogen) atoms. The summed E-state index contributed by atoms with van der Waals surface area (Å²) in [4.78, 5) is 1.15. The van der Waals surface area contributed by atoms with Crippen LogP contribution < -0.4 is 0 Å². The molecule has 3 nitrogen and oxygen atoms in total. The summed E-state index contributed by atoms with van der Waals surface area (Å²) < 4.78 is 1.78. The maximum atomic E-state index is 8.57. The van der Waals surface area contributed by atoms with Crippen molar-refractivity contribution in [3.63, 3.8) is 0 Å². The van der Waals surface area contributed by atoms with Crippen LogP contribution in [0.4, 0.5) is 0 Å². The zero-order chi connectivity index (χ0) is 11.4. The van der Waals surface area contributed by atoms with Crippen LogP contribution in [0.15, 0.2) is 23.8 Å². The van der Waals surface area contributed by atoms with Crippen molar-refractivity contribution in [3.05, 3.63) is 39.3 Å². The van der Waals surface area contributed by atoms with Gasteiger partial charge in [0.2, 0.25) is 0 Å². The van der Waals surface area contributed by atoms with Crippen LogP contribution in [0.1, 0.15) is 10.4 Å². The molecule has 0 aliphatic rings. The maximum absolute atomic E-state index is 8.57. The number of aliphatic hydroxyl groups excluding tert-OH is 1. The highest BCUT2D eigenvalue weighted by Gasteiger charge is 2.00. The average molecular weight is 253 g/mol. The molecule has 0 unspecified atom stereocenters. The summed E-state index contributed by atoms with van der Waals surface area (Å²) >= 11 is 7.39. The zero-order valence-corrected chi connectivity index (χ0v) is 9.92. The van der Waals surface area contributed by atoms with Crippen LogP contribution in [0.25, 0.3) is 0 Å². The number of halogens is 1. The smallest absolute Gasteiger partial charge is 0.104 e. The first-order chi connectivity index (χ1) is 7.78. The molecule has 1 N–H and O–H groups in total. The van der Waals surface area contributed by atoms with E-state index in [0.29, 0.717) is 11.6 Å². The summed E-state index contributed by atoms with van der Waals surface area (Å²) in [5.74, 6) is 5.47. The van der Waals surface area contributed by atoms with Crippen LogP contribution in [0.3, 0.4) is 0 Å². The van der Waals surface area contributed by atoms with Crippen molar-refractivity contribution in [1.29, 1.82) is 0 Å². The quantitative estimate of drug-likeness (QED) is 0.831. The lowest BCUT2D eigenvalue weighted by Gasteiger charge is -1.95. The molecule has 0 spiro atoms. The summed E-state index contributed by atoms with van der Waals surface area (Å²) in [5.41, 5.74) is 0.923. The van der Waals surface area contributed by atoms with Gasteiger partial charge < -0.3 is 5.11 Å². The third kappa shape index (κ3) is 2.86. The van der Waals surface area contributed by atoms with Crippen molar-refractivity contribution in [2.45, 2.75) is 6.54 Å². The predicted octanol–water partition coefficient (Wildman–Crippen LogP) is 1.99. The molecule has 0 bridgehead atoms. The van der Waals surface area contributed by atoms with E-state index in [2.05, 4.69) is 16.9 Å². The molecular weight excluding hydrogens is 244 g/mol. The van der Waals surface area contributed by atoms with Crippen LogP contribution in [0.2, 0.25) is 5.02 Å². The molecule has 2 aromatic heterocycles. The highest BCUT2D eigenvalue weighted by molar-refractivity contribution is 7.10. The molecule has 2 rings (SSSR count). The van der Waals surface area contributed by atoms with Gasteiger partial charge in [0.15, 0.2) is 0 Å². The van der Waals surface area contributed by atoms with E-state index in [-0.39, 0.29) is 6.61 Å². The Morgan fingerprint density at radius 2 is 2.44 bits per heavy atom. The van der Waals surface area contributed by atoms with Gasteiger partial charge in [0.25, 0.3) is 0 Å². The van der Waals surface area contributed by atoms with E-state index < -0.39 is 0 Å². The number of rotatable bonds is 2. The van der Waals surface area contributed by atoms with E-state index in [9.17, 15) is 0 Å². The standard InChI is InChI=1S/C11H9ClN2OS/c12-10-5-13-14(6-10)7-11-4-9(8-16-11)2-1-3-15/h4-6,8,15H,3,7H2. The molecule has 0 aliphatic carbocycles. The fraction of sp³-hybridized carbons (Fsp3) is 0.182. The van der Waals surface area contributed by atoms with Gasteiger partial charge in [-0.25, -0.2) is 0 Å². The molecule has 0 saturated heterocycles. The van der Waals surface area contributed by atoms with Crippen molar-refractivity contribution in [2.24, 2.45) is 0 Å². The zero-order valence-electron chi connectivity index (χ0n) is 8.35. The first-order valence-corrected chi connectivity index (χ1v) is 5.89. The van der Waals surface area contributed by atoms with Crippen LogP contribution in [-0.2, 0) is 6.54 Å². The number of thiophene rings is 1. The second kappa shape index (κ2) is 5.17. The van der Waals surface area contributed by atoms with Crippen molar-refractivity contribution in [1.82, 2.24) is 9.78 Å². The molecule has 2 heterocycles. The summed E-state index contributed by atoms with van der Waals surface area (Å²) in [7, 11) is 0. The molecule has 0 fully saturated rings. The van der Waals surface area contributed by atoms with Crippen molar-refractivity contribution >= 4 is 22.9 Å². The topological polar surface area (TPSA) is 38.0 Å². The molecule has 5 heteroatoms. The number of hydrogen-bond acceptors (Lipinski definition) is 3. The van der Waals surface area contributed by atoms with Gasteiger partial charge in [-0.15, -0.1) is 11.3 Å². The Hall–Kier alpha value is -1.28. The summed E-state index contributed by atoms with van der Waals surface area (Å²) in [6.07, 6.45) is 3.39. The number of aliphatic hydroxyl groups is 1. The Morgan fingerprint density at radius 3 is 3.12 bits per heavy atom. The Kier molecular flexibility index (Phi) is 3.62. The van der Waals surface area contributed by atoms with Gasteiger partial charge in [-0.2, -0.15) is 5.10 Å². The van der Waals surface area contributed by atoms with Crippen molar-refractivity contribution in [3.8, 4) is 11.8 Å². The number of aromatic nitrogens is 2. The largest absolute Gasteiger partial charge is 0.384 e. The van der Waals surface area contributed by atoms with Gasteiger partial charge >= 0.3 is 0 Å². The molecule has 82 valence electrons. The van der Waals surface area contributed by atoms with E-state index in [1.54, 1.807) is 28.4 Å². The second-order valence-corrected chi connectivity index (χ2v) is 4.55. The summed E-state index contributed by atoms with van der Waals surface area (Å²) in [6, 6.07) is 1.99. The normalized spacial score (nSPS) is 9.88. The van der Waals surface area contributed by atoms with Crippen LogP contribution in [0, 0.1) is 11.8 Å². The van der Waals surface area contributed by atoms with E-state index in [4.69, 9.17) is 16.7 Å². The SMILES string of the molecule is OCC#Cc1csc(Cn2cc(Cl)cn2)c1. The van der Waals surface area contributed by atoms with Crippen molar-refractivity contribution in [2.75, 3.05) is 6.61 Å². The maximum Gasteiger partial charge on any atom is 0.104 e. The lowest BCUT2D eigenvalue weighted by Crippen LogP contribution is -1.97. The highest BCUT2D eigenvalue weighted by Crippen LogP contribution is 2.16. The highest BCUT2D eigenvalue weighted by atomic mass is 35.5. The Labute approximate surface area is 102 Å². The van der Waals surface area contributed by atoms with E-state index in [1.165, 1.54) is 0 Å². The van der Waals surface area contributed by atoms with Crippen LogP contribution in [-0.4, -0.2) is 21.5 Å². The lowest BCUT2D eigenvalue weighted by atomic mass is 10.3. The first-order valence-electron chi connectivity index (χ1n) is 4.63. The van der Waals surface area contributed by atoms with E-state index in [1.807, 2.05) is 11.4 Å². The Balaban J connectivity index is 2.08. The molecule has 2 aromatic rings. The third-order valence-electron chi connectivity index (χ3n) is 1.89. The minimum atomic E-state index is -0.111. The molecule has 0 amide bonds. The minimum absolute atomic E-state index is 0.111. The summed E-state index contributed by atoms with van der Waals surface area (Å²) in [6.45, 7) is 0.581. The lowest BCUT2D eigenvalue weighted by molar-refractivity contribution is 0.350. The second-order valence-electron chi connectivity index (χ2n) is 3.12. The molecule has 0 aliphatic heterocycles. The van der Waals surface area contributed by atoms with Gasteiger partial charge in [-0.1, -0.05) is 23.4 Å². The average Bonchev–Trinajstić information content (AvgIpc) is 2.86. The van der Waals surface area contributed by atoms with Gasteiger partial charge in [0.05, 0.1) is 17.8 Å². The first kappa shape index (κ1) is 11.2. The van der Waals surface area contributed by atoms with E-state index >= 15 is 0 Å². The Morgan fingerprint density at radius 1 is 1.56 bits per heavy atom. The minimum Gasteiger partial charge on any atom is -0.384 e. The molecular formula is C11H9ClN2OS. The molecule has 0 radical (unpaired) electrons. The molecule has 0 saturated carbocycles. The predicted molar refractivity (Wildman–Crippen MR) is 64.6 cm³/mol. The Bertz CT molecular complexity index is 535. The molecule has 0 aromatic carbocycles. The molecule has 0 atom stereocenters. The van der Waals surface area contributed by atoms with Crippen molar-refractivity contribution < 1.29 is 5.11 Å². The van der Waals surface area contributed by atoms with E-state index in [0.717, 1.165) is 10.4 Å². The monoisotopic (exact) mass is 252 g/mol. The van der Waals surface area contributed by atoms with Gasteiger partial charge in [0, 0.05) is 22.0 Å². The van der Waals surface area contributed by atoms with Gasteiger partial charge in [-0.3, -0.25) is 4.68 Å². The summed E-state index contributed by atoms with van der Waals surface area (Å²) in [5, 5.41) is 15.3.